The molecule has 1 aromatic rings. The van der Waals surface area contributed by atoms with Crippen molar-refractivity contribution in [3.05, 3.63) is 24.3 Å². The second kappa shape index (κ2) is 8.06. The number of nitrogens with one attached hydrogen (secondary N) is 2. The molecule has 22 heavy (non-hydrogen) atoms. The van der Waals surface area contributed by atoms with Crippen LogP contribution in [0.3, 0.4) is 0 Å². The molecule has 1 saturated heterocycles. The van der Waals surface area contributed by atoms with E-state index in [0.717, 1.165) is 31.2 Å². The molecular formula is C18H29N3O. The average molecular weight is 303 g/mol. The van der Waals surface area contributed by atoms with Crippen LogP contribution in [0, 0.1) is 11.8 Å². The van der Waals surface area contributed by atoms with Crippen LogP contribution in [0.25, 0.3) is 0 Å². The number of anilines is 2. The van der Waals surface area contributed by atoms with E-state index in [-0.39, 0.29) is 5.91 Å². The molecule has 1 amide bonds. The van der Waals surface area contributed by atoms with Gasteiger partial charge in [0.05, 0.1) is 6.54 Å². The van der Waals surface area contributed by atoms with E-state index in [4.69, 9.17) is 0 Å². The largest absolute Gasteiger partial charge is 0.376 e. The Morgan fingerprint density at radius 2 is 1.86 bits per heavy atom. The summed E-state index contributed by atoms with van der Waals surface area (Å²) in [5, 5.41) is 6.08. The van der Waals surface area contributed by atoms with Crippen LogP contribution < -0.4 is 15.5 Å². The number of nitrogens with zero attached hydrogens (tertiary/aromatic N) is 1. The molecule has 2 rings (SSSR count). The number of carbonyl (C=O) groups is 1. The number of carbonyl (C=O) groups excluding carboxylic acids is 1. The third-order valence-corrected chi connectivity index (χ3v) is 4.18. The Kier molecular flexibility index (Phi) is 6.10. The van der Waals surface area contributed by atoms with Crippen LogP contribution in [-0.2, 0) is 4.79 Å². The van der Waals surface area contributed by atoms with Gasteiger partial charge in [-0.3, -0.25) is 4.79 Å². The molecule has 0 spiro atoms. The Bertz CT molecular complexity index is 462. The molecule has 122 valence electrons. The predicted molar refractivity (Wildman–Crippen MR) is 93.4 cm³/mol. The first-order valence-electron chi connectivity index (χ1n) is 8.40. The van der Waals surface area contributed by atoms with Gasteiger partial charge >= 0.3 is 0 Å². The minimum Gasteiger partial charge on any atom is -0.376 e. The maximum atomic E-state index is 11.7. The number of piperidine rings is 1. The van der Waals surface area contributed by atoms with Crippen LogP contribution in [0.4, 0.5) is 11.4 Å². The van der Waals surface area contributed by atoms with Gasteiger partial charge in [-0.15, -0.1) is 0 Å². The van der Waals surface area contributed by atoms with E-state index in [0.29, 0.717) is 12.5 Å². The topological polar surface area (TPSA) is 44.4 Å². The van der Waals surface area contributed by atoms with Gasteiger partial charge in [0, 0.05) is 31.0 Å². The Hall–Kier alpha value is -1.71. The lowest BCUT2D eigenvalue weighted by molar-refractivity contribution is -0.119. The Morgan fingerprint density at radius 3 is 2.45 bits per heavy atom. The van der Waals surface area contributed by atoms with Crippen molar-refractivity contribution in [2.75, 3.05) is 36.4 Å². The van der Waals surface area contributed by atoms with Gasteiger partial charge in [-0.1, -0.05) is 20.8 Å². The van der Waals surface area contributed by atoms with Gasteiger partial charge in [-0.25, -0.2) is 0 Å². The van der Waals surface area contributed by atoms with Gasteiger partial charge in [0.1, 0.15) is 0 Å². The molecule has 0 atom stereocenters. The minimum atomic E-state index is 0.0443. The molecule has 0 unspecified atom stereocenters. The minimum absolute atomic E-state index is 0.0443. The number of benzene rings is 1. The molecule has 1 aromatic carbocycles. The molecule has 2 N–H and O–H groups in total. The van der Waals surface area contributed by atoms with Gasteiger partial charge in [0.25, 0.3) is 0 Å². The lowest BCUT2D eigenvalue weighted by Gasteiger charge is -2.32. The van der Waals surface area contributed by atoms with Crippen molar-refractivity contribution in [3.63, 3.8) is 0 Å². The van der Waals surface area contributed by atoms with Gasteiger partial charge in [-0.2, -0.15) is 0 Å². The number of amides is 1. The van der Waals surface area contributed by atoms with E-state index < -0.39 is 0 Å². The molecular weight excluding hydrogens is 274 g/mol. The number of rotatable bonds is 6. The summed E-state index contributed by atoms with van der Waals surface area (Å²) in [6, 6.07) is 8.40. The summed E-state index contributed by atoms with van der Waals surface area (Å²) in [7, 11) is 0. The molecule has 0 saturated carbocycles. The van der Waals surface area contributed by atoms with Crippen LogP contribution in [0.1, 0.15) is 33.6 Å². The average Bonchev–Trinajstić information content (AvgIpc) is 2.52. The van der Waals surface area contributed by atoms with E-state index >= 15 is 0 Å². The molecule has 0 aromatic heterocycles. The number of hydrogen-bond donors (Lipinski definition) is 2. The third-order valence-electron chi connectivity index (χ3n) is 4.18. The zero-order chi connectivity index (χ0) is 15.9. The lowest BCUT2D eigenvalue weighted by Crippen LogP contribution is -2.33. The van der Waals surface area contributed by atoms with Crippen LogP contribution in [0.15, 0.2) is 24.3 Å². The highest BCUT2D eigenvalue weighted by Crippen LogP contribution is 2.24. The van der Waals surface area contributed by atoms with Crippen molar-refractivity contribution in [1.29, 1.82) is 0 Å². The first kappa shape index (κ1) is 16.7. The number of hydrogen-bond acceptors (Lipinski definition) is 3. The van der Waals surface area contributed by atoms with Crippen molar-refractivity contribution in [2.45, 2.75) is 33.6 Å². The van der Waals surface area contributed by atoms with Crippen molar-refractivity contribution in [3.8, 4) is 0 Å². The predicted octanol–water partition coefficient (Wildman–Crippen LogP) is 3.11. The fraction of sp³-hybridized carbons (Fsp3) is 0.611. The van der Waals surface area contributed by atoms with Crippen LogP contribution in [0.2, 0.25) is 0 Å². The van der Waals surface area contributed by atoms with Crippen molar-refractivity contribution >= 4 is 17.3 Å². The van der Waals surface area contributed by atoms with Crippen LogP contribution in [-0.4, -0.2) is 32.1 Å². The summed E-state index contributed by atoms with van der Waals surface area (Å²) in [5.41, 5.74) is 2.27. The normalized spacial score (nSPS) is 15.9. The van der Waals surface area contributed by atoms with Crippen molar-refractivity contribution in [1.82, 2.24) is 5.32 Å². The fourth-order valence-corrected chi connectivity index (χ4v) is 2.62. The molecule has 0 bridgehead atoms. The zero-order valence-corrected chi connectivity index (χ0v) is 14.1. The van der Waals surface area contributed by atoms with E-state index in [1.54, 1.807) is 0 Å². The van der Waals surface area contributed by atoms with Gasteiger partial charge in [0.2, 0.25) is 5.91 Å². The first-order chi connectivity index (χ1) is 10.5. The highest BCUT2D eigenvalue weighted by molar-refractivity contribution is 5.80. The SMILES string of the molecule is CC(C)CNC(=O)CNc1ccc(N2CCC(C)CC2)cc1. The standard InChI is InChI=1S/C18H29N3O/c1-14(2)12-20-18(22)13-19-16-4-6-17(7-5-16)21-10-8-15(3)9-11-21/h4-7,14-15,19H,8-13H2,1-3H3,(H,20,22). The van der Waals surface area contributed by atoms with Crippen molar-refractivity contribution in [2.24, 2.45) is 11.8 Å². The Morgan fingerprint density at radius 1 is 1.23 bits per heavy atom. The monoisotopic (exact) mass is 303 g/mol. The summed E-state index contributed by atoms with van der Waals surface area (Å²) in [6.07, 6.45) is 2.55. The second-order valence-electron chi connectivity index (χ2n) is 6.77. The highest BCUT2D eigenvalue weighted by Gasteiger charge is 2.15. The van der Waals surface area contributed by atoms with Crippen LogP contribution in [0.5, 0.6) is 0 Å². The highest BCUT2D eigenvalue weighted by atomic mass is 16.1. The smallest absolute Gasteiger partial charge is 0.239 e. The molecule has 4 heteroatoms. The molecule has 4 nitrogen and oxygen atoms in total. The zero-order valence-electron chi connectivity index (χ0n) is 14.1. The molecule has 1 heterocycles. The second-order valence-corrected chi connectivity index (χ2v) is 6.77. The summed E-state index contributed by atoms with van der Waals surface area (Å²) >= 11 is 0. The van der Waals surface area contributed by atoms with Gasteiger partial charge in [0.15, 0.2) is 0 Å². The summed E-state index contributed by atoms with van der Waals surface area (Å²) in [4.78, 5) is 14.1. The third kappa shape index (κ3) is 5.24. The van der Waals surface area contributed by atoms with Crippen molar-refractivity contribution < 1.29 is 4.79 Å². The summed E-state index contributed by atoms with van der Waals surface area (Å²) < 4.78 is 0. The van der Waals surface area contributed by atoms with Crippen LogP contribution >= 0.6 is 0 Å². The summed E-state index contributed by atoms with van der Waals surface area (Å²) in [6.45, 7) is 9.85. The fourth-order valence-electron chi connectivity index (χ4n) is 2.62. The van der Waals surface area contributed by atoms with E-state index in [1.807, 2.05) is 0 Å². The first-order valence-corrected chi connectivity index (χ1v) is 8.40. The van der Waals surface area contributed by atoms with Gasteiger partial charge < -0.3 is 15.5 Å². The quantitative estimate of drug-likeness (QED) is 0.849. The lowest BCUT2D eigenvalue weighted by atomic mass is 9.99. The molecule has 0 aliphatic carbocycles. The summed E-state index contributed by atoms with van der Waals surface area (Å²) in [5.74, 6) is 1.37. The maximum Gasteiger partial charge on any atom is 0.239 e. The molecule has 1 aliphatic heterocycles. The Labute approximate surface area is 134 Å². The molecule has 0 radical (unpaired) electrons. The Balaban J connectivity index is 1.78. The molecule has 1 fully saturated rings. The van der Waals surface area contributed by atoms with E-state index in [9.17, 15) is 4.79 Å². The van der Waals surface area contributed by atoms with E-state index in [2.05, 4.69) is 60.6 Å². The molecule has 1 aliphatic rings. The van der Waals surface area contributed by atoms with Gasteiger partial charge in [-0.05, 0) is 48.9 Å². The maximum absolute atomic E-state index is 11.7. The van der Waals surface area contributed by atoms with E-state index in [1.165, 1.54) is 18.5 Å².